The van der Waals surface area contributed by atoms with Crippen molar-refractivity contribution >= 4 is 5.91 Å². The molecule has 1 N–H and O–H groups in total. The summed E-state index contributed by atoms with van der Waals surface area (Å²) in [4.78, 5) is 16.6. The average Bonchev–Trinajstić information content (AvgIpc) is 2.94. The number of aliphatic hydroxyl groups is 1. The molecule has 210 valence electrons. The lowest BCUT2D eigenvalue weighted by atomic mass is 9.96. The minimum Gasteiger partial charge on any atom is -0.490 e. The molecule has 38 heavy (non-hydrogen) atoms. The minimum absolute atomic E-state index is 0.0925. The number of benzene rings is 2. The molecule has 2 aliphatic rings. The number of carbonyl (C=O) groups is 1. The molecule has 0 aromatic heterocycles. The van der Waals surface area contributed by atoms with Gasteiger partial charge in [-0.15, -0.1) is 0 Å². The van der Waals surface area contributed by atoms with Crippen LogP contribution in [0, 0.1) is 11.7 Å². The van der Waals surface area contributed by atoms with Gasteiger partial charge in [0, 0.05) is 25.2 Å². The molecular formula is C31H44F2N2O3. The topological polar surface area (TPSA) is 53.0 Å². The van der Waals surface area contributed by atoms with Crippen molar-refractivity contribution in [3.05, 3.63) is 53.8 Å². The van der Waals surface area contributed by atoms with E-state index < -0.39 is 17.6 Å². The van der Waals surface area contributed by atoms with Crippen molar-refractivity contribution in [2.45, 2.75) is 71.6 Å². The van der Waals surface area contributed by atoms with E-state index in [-0.39, 0.29) is 11.7 Å². The summed E-state index contributed by atoms with van der Waals surface area (Å²) in [7, 11) is 0. The van der Waals surface area contributed by atoms with Crippen LogP contribution in [0.4, 0.5) is 8.78 Å². The third-order valence-electron chi connectivity index (χ3n) is 7.55. The van der Waals surface area contributed by atoms with Gasteiger partial charge in [0.05, 0.1) is 12.7 Å². The highest BCUT2D eigenvalue weighted by molar-refractivity contribution is 5.94. The fraction of sp³-hybridized carbons (Fsp3) is 0.581. The zero-order chi connectivity index (χ0) is 27.7. The number of nitrogens with zero attached hydrogens (tertiary/aromatic N) is 2. The van der Waals surface area contributed by atoms with Crippen molar-refractivity contribution < 1.29 is 23.4 Å². The number of alkyl halides is 1. The fourth-order valence-corrected chi connectivity index (χ4v) is 5.02. The molecule has 4 rings (SSSR count). The number of rotatable bonds is 8. The molecule has 0 aliphatic carbocycles. The smallest absolute Gasteiger partial charge is 0.253 e. The second-order valence-electron chi connectivity index (χ2n) is 10.6. The first-order chi connectivity index (χ1) is 18.2. The molecule has 0 radical (unpaired) electrons. The summed E-state index contributed by atoms with van der Waals surface area (Å²) in [6.07, 6.45) is 3.41. The first-order valence-corrected chi connectivity index (χ1v) is 14.2. The van der Waals surface area contributed by atoms with Gasteiger partial charge in [0.1, 0.15) is 5.67 Å². The Balaban J connectivity index is 0.00000195. The molecular weight excluding hydrogens is 486 g/mol. The Bertz CT molecular complexity index is 1020. The van der Waals surface area contributed by atoms with Crippen LogP contribution in [0.25, 0.3) is 11.1 Å². The number of hydrogen-bond acceptors (Lipinski definition) is 4. The number of carbonyl (C=O) groups excluding carboxylic acids is 1. The standard InChI is InChI=1S/C29H38F2N2O3.C2H6/c1-3-29(2,31)20-32-15-12-21(13-16-32)19-36-27-11-10-24(17-26(27)30)22-6-8-23(9-7-22)28(35)33-14-4-5-25(34)18-33;1-2/h6-11,17,21,25,34H,3-5,12-16,18-20H2,1-2H3;1-2H3. The van der Waals surface area contributed by atoms with Crippen LogP contribution in [0.3, 0.4) is 0 Å². The summed E-state index contributed by atoms with van der Waals surface area (Å²) in [5.41, 5.74) is 0.937. The van der Waals surface area contributed by atoms with Gasteiger partial charge < -0.3 is 19.6 Å². The number of hydrogen-bond donors (Lipinski definition) is 1. The van der Waals surface area contributed by atoms with E-state index in [0.29, 0.717) is 49.7 Å². The van der Waals surface area contributed by atoms with Gasteiger partial charge in [-0.1, -0.05) is 39.0 Å². The van der Waals surface area contributed by atoms with Crippen molar-refractivity contribution in [3.8, 4) is 16.9 Å². The average molecular weight is 531 g/mol. The molecule has 2 heterocycles. The summed E-state index contributed by atoms with van der Waals surface area (Å²) in [5, 5.41) is 9.83. The van der Waals surface area contributed by atoms with Crippen LogP contribution in [0.1, 0.15) is 70.2 Å². The van der Waals surface area contributed by atoms with Crippen molar-refractivity contribution in [1.82, 2.24) is 9.80 Å². The number of likely N-dealkylation sites (tertiary alicyclic amines) is 2. The maximum absolute atomic E-state index is 14.8. The van der Waals surface area contributed by atoms with Crippen molar-refractivity contribution in [3.63, 3.8) is 0 Å². The van der Waals surface area contributed by atoms with E-state index in [1.54, 1.807) is 30.0 Å². The molecule has 2 saturated heterocycles. The van der Waals surface area contributed by atoms with E-state index in [1.807, 2.05) is 39.0 Å². The lowest BCUT2D eigenvalue weighted by Crippen LogP contribution is -2.42. The molecule has 0 spiro atoms. The summed E-state index contributed by atoms with van der Waals surface area (Å²) < 4.78 is 34.9. The molecule has 2 aliphatic heterocycles. The Morgan fingerprint density at radius 3 is 2.32 bits per heavy atom. The molecule has 2 aromatic carbocycles. The van der Waals surface area contributed by atoms with Crippen molar-refractivity contribution in [2.24, 2.45) is 5.92 Å². The first kappa shape index (κ1) is 30.0. The normalized spacial score (nSPS) is 20.3. The molecule has 2 fully saturated rings. The molecule has 2 unspecified atom stereocenters. The molecule has 2 atom stereocenters. The Morgan fingerprint density at radius 1 is 1.05 bits per heavy atom. The highest BCUT2D eigenvalue weighted by Crippen LogP contribution is 2.28. The second-order valence-corrected chi connectivity index (χ2v) is 10.6. The van der Waals surface area contributed by atoms with Gasteiger partial charge >= 0.3 is 0 Å². The number of ether oxygens (including phenoxy) is 1. The lowest BCUT2D eigenvalue weighted by Gasteiger charge is -2.35. The fourth-order valence-electron chi connectivity index (χ4n) is 5.02. The largest absolute Gasteiger partial charge is 0.490 e. The van der Waals surface area contributed by atoms with Gasteiger partial charge in [-0.3, -0.25) is 4.79 Å². The van der Waals surface area contributed by atoms with Crippen LogP contribution in [-0.4, -0.2) is 71.9 Å². The number of piperidine rings is 2. The maximum Gasteiger partial charge on any atom is 0.253 e. The van der Waals surface area contributed by atoms with Crippen LogP contribution in [0.15, 0.2) is 42.5 Å². The van der Waals surface area contributed by atoms with Crippen LogP contribution in [0.5, 0.6) is 5.75 Å². The van der Waals surface area contributed by atoms with E-state index in [2.05, 4.69) is 4.90 Å². The van der Waals surface area contributed by atoms with Gasteiger partial charge in [0.15, 0.2) is 11.6 Å². The summed E-state index contributed by atoms with van der Waals surface area (Å²) in [6, 6.07) is 12.1. The van der Waals surface area contributed by atoms with Gasteiger partial charge in [-0.2, -0.15) is 0 Å². The first-order valence-electron chi connectivity index (χ1n) is 14.2. The quantitative estimate of drug-likeness (QED) is 0.432. The predicted octanol–water partition coefficient (Wildman–Crippen LogP) is 6.34. The van der Waals surface area contributed by atoms with Crippen molar-refractivity contribution in [2.75, 3.05) is 39.3 Å². The molecule has 0 saturated carbocycles. The highest BCUT2D eigenvalue weighted by atomic mass is 19.1. The number of amides is 1. The van der Waals surface area contributed by atoms with E-state index in [0.717, 1.165) is 44.3 Å². The van der Waals surface area contributed by atoms with Crippen LogP contribution in [-0.2, 0) is 0 Å². The van der Waals surface area contributed by atoms with E-state index in [4.69, 9.17) is 4.74 Å². The maximum atomic E-state index is 14.8. The Kier molecular flexibility index (Phi) is 11.1. The Morgan fingerprint density at radius 2 is 1.71 bits per heavy atom. The molecule has 2 aromatic rings. The van der Waals surface area contributed by atoms with Gasteiger partial charge in [-0.25, -0.2) is 8.78 Å². The van der Waals surface area contributed by atoms with Crippen LogP contribution < -0.4 is 4.74 Å². The van der Waals surface area contributed by atoms with E-state index in [9.17, 15) is 18.7 Å². The van der Waals surface area contributed by atoms with Crippen LogP contribution in [0.2, 0.25) is 0 Å². The number of halogens is 2. The van der Waals surface area contributed by atoms with Gasteiger partial charge in [0.25, 0.3) is 5.91 Å². The Hall–Kier alpha value is -2.51. The zero-order valence-corrected chi connectivity index (χ0v) is 23.4. The number of β-amino-alcohol motifs (C(OH)–C–C–N with tert-alkyl or cyclic N) is 1. The monoisotopic (exact) mass is 530 g/mol. The summed E-state index contributed by atoms with van der Waals surface area (Å²) in [5.74, 6) is 0.0616. The molecule has 1 amide bonds. The van der Waals surface area contributed by atoms with Gasteiger partial charge in [-0.05, 0) is 93.4 Å². The molecule has 5 nitrogen and oxygen atoms in total. The van der Waals surface area contributed by atoms with Gasteiger partial charge in [0.2, 0.25) is 0 Å². The third-order valence-corrected chi connectivity index (χ3v) is 7.55. The summed E-state index contributed by atoms with van der Waals surface area (Å²) in [6.45, 7) is 11.1. The molecule has 0 bridgehead atoms. The summed E-state index contributed by atoms with van der Waals surface area (Å²) >= 11 is 0. The predicted molar refractivity (Wildman–Crippen MR) is 149 cm³/mol. The third kappa shape index (κ3) is 8.24. The Labute approximate surface area is 226 Å². The highest BCUT2D eigenvalue weighted by Gasteiger charge is 2.28. The van der Waals surface area contributed by atoms with E-state index >= 15 is 0 Å². The zero-order valence-electron chi connectivity index (χ0n) is 23.4. The second kappa shape index (κ2) is 14.0. The SMILES string of the molecule is CC.CCC(C)(F)CN1CCC(COc2ccc(-c3ccc(C(=O)N4CCCC(O)C4)cc3)cc2F)CC1. The molecule has 7 heteroatoms. The lowest BCUT2D eigenvalue weighted by molar-refractivity contribution is 0.0474. The number of aliphatic hydroxyl groups excluding tert-OH is 1. The van der Waals surface area contributed by atoms with E-state index in [1.165, 1.54) is 6.07 Å². The van der Waals surface area contributed by atoms with Crippen LogP contribution >= 0.6 is 0 Å². The van der Waals surface area contributed by atoms with Crippen molar-refractivity contribution in [1.29, 1.82) is 0 Å². The minimum atomic E-state index is -1.15.